The molecule has 2 aliphatic heterocycles. The second kappa shape index (κ2) is 14.8. The van der Waals surface area contributed by atoms with Gasteiger partial charge in [-0.2, -0.15) is 0 Å². The molecule has 2 atom stereocenters. The summed E-state index contributed by atoms with van der Waals surface area (Å²) in [6.45, 7) is 16.6. The highest BCUT2D eigenvalue weighted by Gasteiger charge is 2.24. The molecule has 2 aliphatic rings. The molecule has 2 rings (SSSR count). The Morgan fingerprint density at radius 3 is 2.54 bits per heavy atom. The molecule has 0 aromatic heterocycles. The molecule has 2 N–H and O–H groups in total. The monoisotopic (exact) mass is 510 g/mol. The Bertz CT molecular complexity index is 423. The van der Waals surface area contributed by atoms with Crippen LogP contribution in [0.3, 0.4) is 0 Å². The van der Waals surface area contributed by atoms with Gasteiger partial charge in [-0.3, -0.25) is 4.99 Å². The molecular formula is C21H43IN4O2. The molecule has 2 unspecified atom stereocenters. The standard InChI is InChI=1S/C21H42N4O2.HI/c1-5-22-21(23-11-7-20(17(3)4)27-6-2)24-19-8-12-25(13-9-19)15-18-10-14-26-16-18;/h17-20H,5-16H2,1-4H3,(H2,22,23,24);1H. The van der Waals surface area contributed by atoms with Gasteiger partial charge in [-0.05, 0) is 51.4 Å². The summed E-state index contributed by atoms with van der Waals surface area (Å²) in [7, 11) is 0. The van der Waals surface area contributed by atoms with Crippen LogP contribution in [0.1, 0.15) is 53.4 Å². The molecule has 6 nitrogen and oxygen atoms in total. The van der Waals surface area contributed by atoms with Crippen molar-refractivity contribution in [1.29, 1.82) is 0 Å². The Balaban J connectivity index is 0.00000392. The third-order valence-electron chi connectivity index (χ3n) is 5.62. The Labute approximate surface area is 189 Å². The van der Waals surface area contributed by atoms with Crippen molar-refractivity contribution in [3.8, 4) is 0 Å². The summed E-state index contributed by atoms with van der Waals surface area (Å²) in [5, 5.41) is 7.06. The van der Waals surface area contributed by atoms with Gasteiger partial charge >= 0.3 is 0 Å². The van der Waals surface area contributed by atoms with E-state index in [1.54, 1.807) is 0 Å². The first-order valence-corrected chi connectivity index (χ1v) is 11.1. The van der Waals surface area contributed by atoms with Crippen molar-refractivity contribution in [1.82, 2.24) is 15.5 Å². The SMILES string of the molecule is CCNC(=NCCC(OCC)C(C)C)NC1CCN(CC2CCOC2)CC1.I. The van der Waals surface area contributed by atoms with Crippen molar-refractivity contribution in [2.75, 3.05) is 52.5 Å². The van der Waals surface area contributed by atoms with Gasteiger partial charge < -0.3 is 25.0 Å². The number of nitrogens with zero attached hydrogens (tertiary/aromatic N) is 2. The Morgan fingerprint density at radius 2 is 1.96 bits per heavy atom. The number of aliphatic imine (C=N–C) groups is 1. The molecular weight excluding hydrogens is 467 g/mol. The van der Waals surface area contributed by atoms with Gasteiger partial charge in [0, 0.05) is 52.0 Å². The van der Waals surface area contributed by atoms with Gasteiger partial charge in [-0.1, -0.05) is 13.8 Å². The summed E-state index contributed by atoms with van der Waals surface area (Å²) < 4.78 is 11.3. The predicted octanol–water partition coefficient (Wildman–Crippen LogP) is 3.11. The lowest BCUT2D eigenvalue weighted by molar-refractivity contribution is 0.0266. The second-order valence-corrected chi connectivity index (χ2v) is 8.24. The number of rotatable bonds is 10. The molecule has 2 heterocycles. The number of piperidine rings is 1. The summed E-state index contributed by atoms with van der Waals surface area (Å²) >= 11 is 0. The van der Waals surface area contributed by atoms with Crippen molar-refractivity contribution in [3.63, 3.8) is 0 Å². The van der Waals surface area contributed by atoms with E-state index in [2.05, 4.69) is 43.2 Å². The fourth-order valence-electron chi connectivity index (χ4n) is 3.99. The average Bonchev–Trinajstić information content (AvgIpc) is 3.15. The van der Waals surface area contributed by atoms with Crippen molar-refractivity contribution in [2.24, 2.45) is 16.8 Å². The summed E-state index contributed by atoms with van der Waals surface area (Å²) in [6, 6.07) is 0.520. The summed E-state index contributed by atoms with van der Waals surface area (Å²) in [5.41, 5.74) is 0. The Kier molecular flexibility index (Phi) is 13.7. The first-order chi connectivity index (χ1) is 13.1. The molecule has 7 heteroatoms. The average molecular weight is 511 g/mol. The molecule has 0 aromatic carbocycles. The molecule has 28 heavy (non-hydrogen) atoms. The normalized spacial score (nSPS) is 22.9. The van der Waals surface area contributed by atoms with Crippen LogP contribution in [0.15, 0.2) is 4.99 Å². The number of hydrogen-bond donors (Lipinski definition) is 2. The lowest BCUT2D eigenvalue weighted by Crippen LogP contribution is -2.49. The topological polar surface area (TPSA) is 58.1 Å². The number of hydrogen-bond acceptors (Lipinski definition) is 4. The molecule has 0 saturated carbocycles. The highest BCUT2D eigenvalue weighted by atomic mass is 127. The van der Waals surface area contributed by atoms with Crippen molar-refractivity contribution >= 4 is 29.9 Å². The maximum absolute atomic E-state index is 5.84. The van der Waals surface area contributed by atoms with Crippen LogP contribution in [0.4, 0.5) is 0 Å². The number of ether oxygens (including phenoxy) is 2. The van der Waals surface area contributed by atoms with Gasteiger partial charge in [0.25, 0.3) is 0 Å². The maximum atomic E-state index is 5.84. The molecule has 166 valence electrons. The molecule has 0 bridgehead atoms. The molecule has 0 amide bonds. The number of likely N-dealkylation sites (tertiary alicyclic amines) is 1. The van der Waals surface area contributed by atoms with Crippen LogP contribution in [-0.2, 0) is 9.47 Å². The van der Waals surface area contributed by atoms with E-state index in [9.17, 15) is 0 Å². The largest absolute Gasteiger partial charge is 0.381 e. The molecule has 0 radical (unpaired) electrons. The first kappa shape index (κ1) is 25.9. The number of halogens is 1. The third-order valence-corrected chi connectivity index (χ3v) is 5.62. The molecule has 0 spiro atoms. The Morgan fingerprint density at radius 1 is 1.21 bits per heavy atom. The van der Waals surface area contributed by atoms with Gasteiger partial charge in [0.15, 0.2) is 5.96 Å². The number of guanidine groups is 1. The van der Waals surface area contributed by atoms with Gasteiger partial charge in [-0.25, -0.2) is 0 Å². The van der Waals surface area contributed by atoms with Crippen LogP contribution in [0.2, 0.25) is 0 Å². The fourth-order valence-corrected chi connectivity index (χ4v) is 3.99. The zero-order chi connectivity index (χ0) is 19.5. The minimum absolute atomic E-state index is 0. The van der Waals surface area contributed by atoms with Crippen LogP contribution in [0.25, 0.3) is 0 Å². The quantitative estimate of drug-likeness (QED) is 0.269. The van der Waals surface area contributed by atoms with E-state index < -0.39 is 0 Å². The molecule has 2 fully saturated rings. The lowest BCUT2D eigenvalue weighted by Gasteiger charge is -2.34. The smallest absolute Gasteiger partial charge is 0.191 e. The highest BCUT2D eigenvalue weighted by Crippen LogP contribution is 2.17. The van der Waals surface area contributed by atoms with Crippen LogP contribution in [0.5, 0.6) is 0 Å². The van der Waals surface area contributed by atoms with E-state index in [4.69, 9.17) is 14.5 Å². The highest BCUT2D eigenvalue weighted by molar-refractivity contribution is 14.0. The third kappa shape index (κ3) is 9.59. The lowest BCUT2D eigenvalue weighted by atomic mass is 10.0. The van der Waals surface area contributed by atoms with E-state index in [0.29, 0.717) is 18.1 Å². The van der Waals surface area contributed by atoms with Crippen LogP contribution >= 0.6 is 24.0 Å². The predicted molar refractivity (Wildman–Crippen MR) is 128 cm³/mol. The van der Waals surface area contributed by atoms with Crippen molar-refractivity contribution in [3.05, 3.63) is 0 Å². The van der Waals surface area contributed by atoms with Crippen LogP contribution < -0.4 is 10.6 Å². The van der Waals surface area contributed by atoms with E-state index in [1.807, 2.05) is 0 Å². The molecule has 2 saturated heterocycles. The Hall–Kier alpha value is -0.120. The van der Waals surface area contributed by atoms with Crippen LogP contribution in [-0.4, -0.2) is 75.5 Å². The van der Waals surface area contributed by atoms with E-state index >= 15 is 0 Å². The van der Waals surface area contributed by atoms with E-state index in [1.165, 1.54) is 38.9 Å². The molecule has 0 aliphatic carbocycles. The van der Waals surface area contributed by atoms with Gasteiger partial charge in [0.2, 0.25) is 0 Å². The van der Waals surface area contributed by atoms with Gasteiger partial charge in [0.05, 0.1) is 12.7 Å². The summed E-state index contributed by atoms with van der Waals surface area (Å²) in [6.07, 6.45) is 4.87. The maximum Gasteiger partial charge on any atom is 0.191 e. The summed E-state index contributed by atoms with van der Waals surface area (Å²) in [5.74, 6) is 2.23. The van der Waals surface area contributed by atoms with Gasteiger partial charge in [-0.15, -0.1) is 24.0 Å². The zero-order valence-electron chi connectivity index (χ0n) is 18.4. The second-order valence-electron chi connectivity index (χ2n) is 8.24. The summed E-state index contributed by atoms with van der Waals surface area (Å²) in [4.78, 5) is 7.41. The van der Waals surface area contributed by atoms with Crippen molar-refractivity contribution < 1.29 is 9.47 Å². The molecule has 0 aromatic rings. The zero-order valence-corrected chi connectivity index (χ0v) is 20.7. The first-order valence-electron chi connectivity index (χ1n) is 11.1. The van der Waals surface area contributed by atoms with E-state index in [-0.39, 0.29) is 24.0 Å². The minimum Gasteiger partial charge on any atom is -0.381 e. The minimum atomic E-state index is 0. The van der Waals surface area contributed by atoms with Gasteiger partial charge in [0.1, 0.15) is 0 Å². The number of nitrogens with one attached hydrogen (secondary N) is 2. The van der Waals surface area contributed by atoms with E-state index in [0.717, 1.165) is 51.2 Å². The van der Waals surface area contributed by atoms with Crippen LogP contribution in [0, 0.1) is 11.8 Å². The van der Waals surface area contributed by atoms with Crippen molar-refractivity contribution in [2.45, 2.75) is 65.5 Å². The fraction of sp³-hybridized carbons (Fsp3) is 0.952.